The molecule has 0 radical (unpaired) electrons. The van der Waals surface area contributed by atoms with Gasteiger partial charge in [-0.15, -0.1) is 0 Å². The number of ether oxygens (including phenoxy) is 1. The van der Waals surface area contributed by atoms with Gasteiger partial charge >= 0.3 is 0 Å². The van der Waals surface area contributed by atoms with E-state index in [4.69, 9.17) is 4.74 Å². The SMILES string of the molecule is COc1ccc(C2=NN(c3ccccc3F)[C@@H](c3ccccc3F)C2)cc1. The van der Waals surface area contributed by atoms with Gasteiger partial charge < -0.3 is 4.74 Å². The Morgan fingerprint density at radius 1 is 0.889 bits per heavy atom. The van der Waals surface area contributed by atoms with Crippen LogP contribution < -0.4 is 9.75 Å². The van der Waals surface area contributed by atoms with Crippen LogP contribution in [0.25, 0.3) is 0 Å². The van der Waals surface area contributed by atoms with Gasteiger partial charge in [0.1, 0.15) is 17.4 Å². The Bertz CT molecular complexity index is 986. The molecule has 3 aromatic carbocycles. The summed E-state index contributed by atoms with van der Waals surface area (Å²) in [7, 11) is 1.61. The third-order valence-corrected chi connectivity index (χ3v) is 4.70. The van der Waals surface area contributed by atoms with E-state index in [0.717, 1.165) is 17.0 Å². The van der Waals surface area contributed by atoms with Gasteiger partial charge in [0.2, 0.25) is 0 Å². The molecule has 0 spiro atoms. The zero-order chi connectivity index (χ0) is 18.8. The second-order valence-corrected chi connectivity index (χ2v) is 6.31. The number of hydrazone groups is 1. The molecule has 0 saturated carbocycles. The fourth-order valence-electron chi connectivity index (χ4n) is 3.32. The second kappa shape index (κ2) is 7.19. The number of benzene rings is 3. The highest BCUT2D eigenvalue weighted by molar-refractivity contribution is 6.03. The Hall–Kier alpha value is -3.21. The van der Waals surface area contributed by atoms with Crippen molar-refractivity contribution in [3.8, 4) is 5.75 Å². The van der Waals surface area contributed by atoms with Crippen molar-refractivity contribution in [2.45, 2.75) is 12.5 Å². The summed E-state index contributed by atoms with van der Waals surface area (Å²) < 4.78 is 34.1. The van der Waals surface area contributed by atoms with Crippen LogP contribution in [0.1, 0.15) is 23.6 Å². The van der Waals surface area contributed by atoms with Crippen molar-refractivity contribution in [3.05, 3.63) is 95.6 Å². The molecule has 1 aliphatic heterocycles. The van der Waals surface area contributed by atoms with Gasteiger partial charge in [0, 0.05) is 12.0 Å². The average molecular weight is 364 g/mol. The van der Waals surface area contributed by atoms with E-state index in [-0.39, 0.29) is 5.82 Å². The number of rotatable bonds is 4. The number of hydrogen-bond acceptors (Lipinski definition) is 3. The average Bonchev–Trinajstić information content (AvgIpc) is 3.13. The van der Waals surface area contributed by atoms with Crippen LogP contribution in [0.5, 0.6) is 5.75 Å². The van der Waals surface area contributed by atoms with Crippen LogP contribution in [0.15, 0.2) is 77.9 Å². The minimum Gasteiger partial charge on any atom is -0.497 e. The first-order chi connectivity index (χ1) is 13.2. The molecule has 0 aromatic heterocycles. The molecule has 5 heteroatoms. The zero-order valence-corrected chi connectivity index (χ0v) is 14.8. The molecule has 3 aromatic rings. The van der Waals surface area contributed by atoms with Gasteiger partial charge in [-0.2, -0.15) is 5.10 Å². The van der Waals surface area contributed by atoms with Crippen LogP contribution >= 0.6 is 0 Å². The molecule has 0 N–H and O–H groups in total. The van der Waals surface area contributed by atoms with Gasteiger partial charge in [0.25, 0.3) is 0 Å². The Kier molecular flexibility index (Phi) is 4.59. The first-order valence-corrected chi connectivity index (χ1v) is 8.67. The van der Waals surface area contributed by atoms with Crippen molar-refractivity contribution in [2.24, 2.45) is 5.10 Å². The highest BCUT2D eigenvalue weighted by atomic mass is 19.1. The van der Waals surface area contributed by atoms with Gasteiger partial charge in [-0.25, -0.2) is 8.78 Å². The molecule has 3 nitrogen and oxygen atoms in total. The summed E-state index contributed by atoms with van der Waals surface area (Å²) in [6, 6.07) is 20.1. The molecular weight excluding hydrogens is 346 g/mol. The summed E-state index contributed by atoms with van der Waals surface area (Å²) in [6.45, 7) is 0. The predicted octanol–water partition coefficient (Wildman–Crippen LogP) is 5.33. The molecule has 0 unspecified atom stereocenters. The predicted molar refractivity (Wildman–Crippen MR) is 102 cm³/mol. The van der Waals surface area contributed by atoms with E-state index in [1.807, 2.05) is 24.3 Å². The van der Waals surface area contributed by atoms with Gasteiger partial charge in [-0.05, 0) is 48.0 Å². The highest BCUT2D eigenvalue weighted by Crippen LogP contribution is 2.38. The van der Waals surface area contributed by atoms with Gasteiger partial charge in [-0.3, -0.25) is 5.01 Å². The fourth-order valence-corrected chi connectivity index (χ4v) is 3.32. The molecule has 1 aliphatic rings. The van der Waals surface area contributed by atoms with E-state index in [1.54, 1.807) is 48.5 Å². The van der Waals surface area contributed by atoms with E-state index in [2.05, 4.69) is 5.10 Å². The van der Waals surface area contributed by atoms with Crippen LogP contribution in [0.3, 0.4) is 0 Å². The minimum absolute atomic E-state index is 0.324. The van der Waals surface area contributed by atoms with Crippen molar-refractivity contribution in [1.29, 1.82) is 0 Å². The Morgan fingerprint density at radius 3 is 2.22 bits per heavy atom. The number of anilines is 1. The summed E-state index contributed by atoms with van der Waals surface area (Å²) in [5.41, 5.74) is 2.49. The summed E-state index contributed by atoms with van der Waals surface area (Å²) in [5, 5.41) is 6.22. The zero-order valence-electron chi connectivity index (χ0n) is 14.8. The topological polar surface area (TPSA) is 24.8 Å². The lowest BCUT2D eigenvalue weighted by Gasteiger charge is -2.24. The third-order valence-electron chi connectivity index (χ3n) is 4.70. The smallest absolute Gasteiger partial charge is 0.148 e. The minimum atomic E-state index is -0.416. The number of nitrogens with zero attached hydrogens (tertiary/aromatic N) is 2. The molecule has 0 saturated heterocycles. The first kappa shape index (κ1) is 17.2. The lowest BCUT2D eigenvalue weighted by molar-refractivity contribution is 0.415. The van der Waals surface area contributed by atoms with E-state index < -0.39 is 11.9 Å². The largest absolute Gasteiger partial charge is 0.497 e. The fraction of sp³-hybridized carbons (Fsp3) is 0.136. The number of methoxy groups -OCH3 is 1. The van der Waals surface area contributed by atoms with E-state index in [0.29, 0.717) is 17.7 Å². The summed E-state index contributed by atoms with van der Waals surface area (Å²) >= 11 is 0. The van der Waals surface area contributed by atoms with Crippen LogP contribution in [0.2, 0.25) is 0 Å². The van der Waals surface area contributed by atoms with Crippen molar-refractivity contribution < 1.29 is 13.5 Å². The van der Waals surface area contributed by atoms with Gasteiger partial charge in [-0.1, -0.05) is 30.3 Å². The van der Waals surface area contributed by atoms with Crippen LogP contribution in [0.4, 0.5) is 14.5 Å². The maximum atomic E-state index is 14.5. The van der Waals surface area contributed by atoms with E-state index in [9.17, 15) is 8.78 Å². The number of para-hydroxylation sites is 1. The van der Waals surface area contributed by atoms with Crippen LogP contribution in [-0.4, -0.2) is 12.8 Å². The Labute approximate surface area is 156 Å². The Balaban J connectivity index is 1.77. The quantitative estimate of drug-likeness (QED) is 0.625. The van der Waals surface area contributed by atoms with Crippen LogP contribution in [0, 0.1) is 11.6 Å². The third kappa shape index (κ3) is 3.28. The number of hydrogen-bond donors (Lipinski definition) is 0. The lowest BCUT2D eigenvalue weighted by Crippen LogP contribution is -2.20. The monoisotopic (exact) mass is 364 g/mol. The normalized spacial score (nSPS) is 16.3. The van der Waals surface area contributed by atoms with E-state index in [1.165, 1.54) is 12.1 Å². The summed E-state index contributed by atoms with van der Waals surface area (Å²) in [6.07, 6.45) is 0.474. The second-order valence-electron chi connectivity index (χ2n) is 6.31. The number of halogens is 2. The molecule has 0 aliphatic carbocycles. The van der Waals surface area contributed by atoms with Gasteiger partial charge in [0.15, 0.2) is 0 Å². The molecule has 1 heterocycles. The summed E-state index contributed by atoms with van der Waals surface area (Å²) in [4.78, 5) is 0. The standard InChI is InChI=1S/C22H18F2N2O/c1-27-16-12-10-15(11-13-16)20-14-22(17-6-2-3-7-18(17)23)26(25-20)21-9-5-4-8-19(21)24/h2-13,22H,14H2,1H3/t22-/m1/s1. The van der Waals surface area contributed by atoms with Crippen molar-refractivity contribution in [3.63, 3.8) is 0 Å². The van der Waals surface area contributed by atoms with Crippen molar-refractivity contribution >= 4 is 11.4 Å². The Morgan fingerprint density at radius 2 is 1.56 bits per heavy atom. The molecule has 0 fully saturated rings. The first-order valence-electron chi connectivity index (χ1n) is 8.67. The molecule has 27 heavy (non-hydrogen) atoms. The maximum Gasteiger partial charge on any atom is 0.148 e. The molecule has 1 atom stereocenters. The lowest BCUT2D eigenvalue weighted by atomic mass is 9.97. The van der Waals surface area contributed by atoms with E-state index >= 15 is 0 Å². The highest BCUT2D eigenvalue weighted by Gasteiger charge is 2.32. The van der Waals surface area contributed by atoms with Crippen molar-refractivity contribution in [2.75, 3.05) is 12.1 Å². The van der Waals surface area contributed by atoms with Crippen LogP contribution in [-0.2, 0) is 0 Å². The van der Waals surface area contributed by atoms with Gasteiger partial charge in [0.05, 0.1) is 24.6 Å². The molecule has 4 rings (SSSR count). The molecular formula is C22H18F2N2O. The molecule has 136 valence electrons. The molecule has 0 bridgehead atoms. The van der Waals surface area contributed by atoms with Crippen molar-refractivity contribution in [1.82, 2.24) is 0 Å². The molecule has 0 amide bonds. The summed E-state index contributed by atoms with van der Waals surface area (Å²) in [5.74, 6) is 0.0301. The maximum absolute atomic E-state index is 14.5.